The predicted molar refractivity (Wildman–Crippen MR) is 119 cm³/mol. The number of halogens is 1. The molecule has 0 aliphatic rings. The van der Waals surface area contributed by atoms with Crippen LogP contribution in [-0.4, -0.2) is 27.5 Å². The molecule has 0 unspecified atom stereocenters. The number of sulfonamides is 1. The number of anilines is 2. The molecule has 6 nitrogen and oxygen atoms in total. The molecule has 30 heavy (non-hydrogen) atoms. The van der Waals surface area contributed by atoms with Gasteiger partial charge in [0.1, 0.15) is 12.3 Å². The summed E-state index contributed by atoms with van der Waals surface area (Å²) in [5, 5.41) is 3.13. The molecule has 0 aliphatic heterocycles. The van der Waals surface area contributed by atoms with Gasteiger partial charge in [-0.2, -0.15) is 0 Å². The summed E-state index contributed by atoms with van der Waals surface area (Å²) < 4.78 is 33.5. The number of carbonyl (C=O) groups excluding carboxylic acids is 1. The molecular formula is C22H21ClN2O4S. The quantitative estimate of drug-likeness (QED) is 0.552. The second kappa shape index (κ2) is 9.65. The number of benzene rings is 3. The molecule has 0 bridgehead atoms. The monoisotopic (exact) mass is 444 g/mol. The maximum absolute atomic E-state index is 13.4. The molecule has 3 aromatic rings. The van der Waals surface area contributed by atoms with E-state index in [4.69, 9.17) is 16.3 Å². The molecule has 0 radical (unpaired) electrons. The van der Waals surface area contributed by atoms with E-state index in [-0.39, 0.29) is 10.6 Å². The molecule has 8 heteroatoms. The standard InChI is InChI=1S/C22H21ClN2O4S/c1-2-29-21-11-7-6-10-20(21)25(16-22(26)24-18-8-4-3-5-9-18)30(27,28)19-14-12-17(23)13-15-19/h3-15H,2,16H2,1H3,(H,24,26). The SMILES string of the molecule is CCOc1ccccc1N(CC(=O)Nc1ccccc1)S(=O)(=O)c1ccc(Cl)cc1. The van der Waals surface area contributed by atoms with Gasteiger partial charge in [0.05, 0.1) is 17.2 Å². The Balaban J connectivity index is 2.00. The maximum atomic E-state index is 13.4. The Labute approximate surface area is 181 Å². The van der Waals surface area contributed by atoms with Crippen molar-refractivity contribution in [3.05, 3.63) is 83.9 Å². The van der Waals surface area contributed by atoms with Crippen LogP contribution < -0.4 is 14.4 Å². The minimum Gasteiger partial charge on any atom is -0.492 e. The van der Waals surface area contributed by atoms with Gasteiger partial charge in [-0.3, -0.25) is 9.10 Å². The molecule has 1 amide bonds. The fourth-order valence-corrected chi connectivity index (χ4v) is 4.38. The van der Waals surface area contributed by atoms with E-state index in [1.54, 1.807) is 55.5 Å². The van der Waals surface area contributed by atoms with Gasteiger partial charge in [0.15, 0.2) is 0 Å². The van der Waals surface area contributed by atoms with Crippen molar-refractivity contribution in [1.29, 1.82) is 0 Å². The summed E-state index contributed by atoms with van der Waals surface area (Å²) >= 11 is 5.91. The Bertz CT molecular complexity index is 1100. The molecule has 0 aromatic heterocycles. The van der Waals surface area contributed by atoms with Gasteiger partial charge in [0.2, 0.25) is 5.91 Å². The van der Waals surface area contributed by atoms with Gasteiger partial charge in [-0.05, 0) is 55.5 Å². The number of nitrogens with zero attached hydrogens (tertiary/aromatic N) is 1. The summed E-state index contributed by atoms with van der Waals surface area (Å²) in [6, 6.07) is 21.3. The van der Waals surface area contributed by atoms with E-state index in [1.807, 2.05) is 6.07 Å². The zero-order chi connectivity index (χ0) is 21.6. The molecule has 3 aromatic carbocycles. The topological polar surface area (TPSA) is 75.7 Å². The molecule has 0 saturated carbocycles. The Morgan fingerprint density at radius 3 is 2.27 bits per heavy atom. The van der Waals surface area contributed by atoms with Crippen LogP contribution in [0, 0.1) is 0 Å². The Morgan fingerprint density at radius 1 is 0.967 bits per heavy atom. The zero-order valence-electron chi connectivity index (χ0n) is 16.3. The van der Waals surface area contributed by atoms with Crippen molar-refractivity contribution >= 4 is 38.9 Å². The smallest absolute Gasteiger partial charge is 0.264 e. The van der Waals surface area contributed by atoms with Gasteiger partial charge >= 0.3 is 0 Å². The van der Waals surface area contributed by atoms with Crippen LogP contribution in [0.3, 0.4) is 0 Å². The first-order valence-electron chi connectivity index (χ1n) is 9.27. The first-order valence-corrected chi connectivity index (χ1v) is 11.1. The highest BCUT2D eigenvalue weighted by atomic mass is 35.5. The molecular weight excluding hydrogens is 424 g/mol. The Hall–Kier alpha value is -3.03. The molecule has 0 atom stereocenters. The van der Waals surface area contributed by atoms with Crippen LogP contribution in [0.15, 0.2) is 83.8 Å². The van der Waals surface area contributed by atoms with Crippen LogP contribution in [-0.2, 0) is 14.8 Å². The lowest BCUT2D eigenvalue weighted by Gasteiger charge is -2.26. The lowest BCUT2D eigenvalue weighted by atomic mass is 10.3. The van der Waals surface area contributed by atoms with Gasteiger partial charge in [-0.1, -0.05) is 41.9 Å². The molecule has 0 saturated heterocycles. The van der Waals surface area contributed by atoms with E-state index in [0.29, 0.717) is 23.1 Å². The zero-order valence-corrected chi connectivity index (χ0v) is 17.9. The first kappa shape index (κ1) is 21.7. The second-order valence-electron chi connectivity index (χ2n) is 6.28. The highest BCUT2D eigenvalue weighted by Crippen LogP contribution is 2.32. The number of hydrogen-bond acceptors (Lipinski definition) is 4. The van der Waals surface area contributed by atoms with E-state index >= 15 is 0 Å². The van der Waals surface area contributed by atoms with Crippen LogP contribution in [0.2, 0.25) is 5.02 Å². The Kier molecular flexibility index (Phi) is 6.97. The van der Waals surface area contributed by atoms with Crippen LogP contribution in [0.1, 0.15) is 6.92 Å². The van der Waals surface area contributed by atoms with Crippen molar-refractivity contribution in [2.24, 2.45) is 0 Å². The third kappa shape index (κ3) is 5.11. The predicted octanol–water partition coefficient (Wildman–Crippen LogP) is 4.57. The molecule has 0 spiro atoms. The van der Waals surface area contributed by atoms with Gasteiger partial charge in [0.25, 0.3) is 10.0 Å². The minimum absolute atomic E-state index is 0.0192. The van der Waals surface area contributed by atoms with E-state index in [9.17, 15) is 13.2 Å². The summed E-state index contributed by atoms with van der Waals surface area (Å²) in [6.45, 7) is 1.73. The molecule has 1 N–H and O–H groups in total. The van der Waals surface area contributed by atoms with Crippen molar-refractivity contribution in [1.82, 2.24) is 0 Å². The van der Waals surface area contributed by atoms with Gasteiger partial charge in [0, 0.05) is 10.7 Å². The summed E-state index contributed by atoms with van der Waals surface area (Å²) in [5.74, 6) is -0.116. The van der Waals surface area contributed by atoms with Crippen LogP contribution in [0.4, 0.5) is 11.4 Å². The van der Waals surface area contributed by atoms with E-state index in [0.717, 1.165) is 4.31 Å². The van der Waals surface area contributed by atoms with Crippen LogP contribution in [0.25, 0.3) is 0 Å². The summed E-state index contributed by atoms with van der Waals surface area (Å²) in [6.07, 6.45) is 0. The fourth-order valence-electron chi connectivity index (χ4n) is 2.83. The average molecular weight is 445 g/mol. The largest absolute Gasteiger partial charge is 0.492 e. The van der Waals surface area contributed by atoms with Crippen molar-refractivity contribution in [2.75, 3.05) is 22.8 Å². The lowest BCUT2D eigenvalue weighted by molar-refractivity contribution is -0.114. The highest BCUT2D eigenvalue weighted by Gasteiger charge is 2.29. The van der Waals surface area contributed by atoms with Crippen LogP contribution in [0.5, 0.6) is 5.75 Å². The van der Waals surface area contributed by atoms with E-state index < -0.39 is 22.5 Å². The van der Waals surface area contributed by atoms with Crippen molar-refractivity contribution in [2.45, 2.75) is 11.8 Å². The van der Waals surface area contributed by atoms with E-state index in [1.165, 1.54) is 24.3 Å². The summed E-state index contributed by atoms with van der Waals surface area (Å²) in [7, 11) is -4.07. The average Bonchev–Trinajstić information content (AvgIpc) is 2.74. The maximum Gasteiger partial charge on any atom is 0.264 e. The van der Waals surface area contributed by atoms with Crippen molar-refractivity contribution in [3.63, 3.8) is 0 Å². The molecule has 156 valence electrons. The fraction of sp³-hybridized carbons (Fsp3) is 0.136. The van der Waals surface area contributed by atoms with Gasteiger partial charge < -0.3 is 10.1 Å². The number of hydrogen-bond donors (Lipinski definition) is 1. The minimum atomic E-state index is -4.07. The summed E-state index contributed by atoms with van der Waals surface area (Å²) in [4.78, 5) is 12.7. The Morgan fingerprint density at radius 2 is 1.60 bits per heavy atom. The lowest BCUT2D eigenvalue weighted by Crippen LogP contribution is -2.38. The highest BCUT2D eigenvalue weighted by molar-refractivity contribution is 7.92. The second-order valence-corrected chi connectivity index (χ2v) is 8.58. The molecule has 3 rings (SSSR count). The normalized spacial score (nSPS) is 11.0. The molecule has 0 fully saturated rings. The number of nitrogens with one attached hydrogen (secondary N) is 1. The van der Waals surface area contributed by atoms with Gasteiger partial charge in [-0.15, -0.1) is 0 Å². The third-order valence-electron chi connectivity index (χ3n) is 4.18. The number of ether oxygens (including phenoxy) is 1. The van der Waals surface area contributed by atoms with Crippen LogP contribution >= 0.6 is 11.6 Å². The number of para-hydroxylation sites is 3. The number of amides is 1. The summed E-state index contributed by atoms with van der Waals surface area (Å²) in [5.41, 5.74) is 0.849. The molecule has 0 heterocycles. The number of carbonyl (C=O) groups is 1. The molecule has 0 aliphatic carbocycles. The first-order chi connectivity index (χ1) is 14.4. The third-order valence-corrected chi connectivity index (χ3v) is 6.21. The van der Waals surface area contributed by atoms with Crippen molar-refractivity contribution in [3.8, 4) is 5.75 Å². The number of rotatable bonds is 8. The van der Waals surface area contributed by atoms with Crippen molar-refractivity contribution < 1.29 is 17.9 Å². The van der Waals surface area contributed by atoms with E-state index in [2.05, 4.69) is 5.32 Å². The van der Waals surface area contributed by atoms with Gasteiger partial charge in [-0.25, -0.2) is 8.42 Å².